The molecule has 0 saturated carbocycles. The van der Waals surface area contributed by atoms with Crippen molar-refractivity contribution in [1.82, 2.24) is 10.2 Å². The van der Waals surface area contributed by atoms with E-state index < -0.39 is 0 Å². The monoisotopic (exact) mass is 399 g/mol. The maximum atomic E-state index is 12.4. The number of amides is 1. The molecule has 0 aliphatic heterocycles. The predicted octanol–water partition coefficient (Wildman–Crippen LogP) is 5.64. The van der Waals surface area contributed by atoms with Gasteiger partial charge in [0.05, 0.1) is 5.75 Å². The van der Waals surface area contributed by atoms with Crippen molar-refractivity contribution in [3.63, 3.8) is 0 Å². The number of anilines is 1. The van der Waals surface area contributed by atoms with Crippen LogP contribution in [0.3, 0.4) is 0 Å². The Morgan fingerprint density at radius 2 is 1.59 bits per heavy atom. The lowest BCUT2D eigenvalue weighted by atomic mass is 10.1. The first-order valence-electron chi connectivity index (χ1n) is 9.42. The zero-order chi connectivity index (χ0) is 20.2. The lowest BCUT2D eigenvalue weighted by molar-refractivity contribution is -0.113. The second-order valence-corrected chi connectivity index (χ2v) is 7.87. The summed E-state index contributed by atoms with van der Waals surface area (Å²) >= 11 is 1.40. The van der Waals surface area contributed by atoms with Crippen LogP contribution in [0.2, 0.25) is 0 Å². The number of carbonyl (C=O) groups is 1. The van der Waals surface area contributed by atoms with Gasteiger partial charge in [0.2, 0.25) is 5.91 Å². The summed E-state index contributed by atoms with van der Waals surface area (Å²) in [5.74, 6) is 0.215. The highest BCUT2D eigenvalue weighted by Gasteiger charge is 2.13. The molecule has 3 aromatic carbocycles. The summed E-state index contributed by atoms with van der Waals surface area (Å²) < 4.78 is 0. The van der Waals surface area contributed by atoms with Crippen LogP contribution < -0.4 is 5.32 Å². The molecule has 0 radical (unpaired) electrons. The van der Waals surface area contributed by atoms with E-state index in [9.17, 15) is 4.79 Å². The number of thioether (sulfide) groups is 1. The molecular weight excluding hydrogens is 378 g/mol. The van der Waals surface area contributed by atoms with Crippen molar-refractivity contribution in [2.45, 2.75) is 18.9 Å². The summed E-state index contributed by atoms with van der Waals surface area (Å²) in [5, 5.41) is 14.6. The van der Waals surface area contributed by atoms with Crippen molar-refractivity contribution in [2.75, 3.05) is 11.1 Å². The van der Waals surface area contributed by atoms with E-state index in [1.165, 1.54) is 17.3 Å². The Balaban J connectivity index is 1.54. The van der Waals surface area contributed by atoms with E-state index in [1.54, 1.807) is 0 Å². The van der Waals surface area contributed by atoms with E-state index in [0.29, 0.717) is 0 Å². The lowest BCUT2D eigenvalue weighted by Crippen LogP contribution is -2.14. The van der Waals surface area contributed by atoms with Crippen LogP contribution in [0.1, 0.15) is 11.1 Å². The molecule has 4 nitrogen and oxygen atoms in total. The van der Waals surface area contributed by atoms with Crippen molar-refractivity contribution in [3.8, 4) is 11.3 Å². The molecule has 0 atom stereocenters. The van der Waals surface area contributed by atoms with Crippen LogP contribution in [-0.4, -0.2) is 21.9 Å². The molecule has 0 spiro atoms. The smallest absolute Gasteiger partial charge is 0.234 e. The fourth-order valence-electron chi connectivity index (χ4n) is 3.15. The highest BCUT2D eigenvalue weighted by Crippen LogP contribution is 2.31. The summed E-state index contributed by atoms with van der Waals surface area (Å²) in [5.41, 5.74) is 5.06. The Bertz CT molecular complexity index is 1180. The number of nitrogens with one attached hydrogen (secondary N) is 1. The van der Waals surface area contributed by atoms with Crippen LogP contribution in [0, 0.1) is 13.8 Å². The number of hydrogen-bond donors (Lipinski definition) is 1. The Labute approximate surface area is 174 Å². The molecule has 4 rings (SSSR count). The number of benzene rings is 3. The quantitative estimate of drug-likeness (QED) is 0.441. The molecule has 1 amide bonds. The van der Waals surface area contributed by atoms with Crippen molar-refractivity contribution < 1.29 is 4.79 Å². The van der Waals surface area contributed by atoms with Gasteiger partial charge in [-0.25, -0.2) is 0 Å². The topological polar surface area (TPSA) is 54.9 Å². The van der Waals surface area contributed by atoms with Gasteiger partial charge >= 0.3 is 0 Å². The molecule has 1 N–H and O–H groups in total. The van der Waals surface area contributed by atoms with Crippen LogP contribution in [0.15, 0.2) is 77.8 Å². The van der Waals surface area contributed by atoms with Crippen LogP contribution in [0.25, 0.3) is 22.0 Å². The molecule has 4 aromatic rings. The maximum absolute atomic E-state index is 12.4. The SMILES string of the molecule is Cc1ccc(NC(=O)CSc2nnc(-c3ccccc3)c3ccccc23)cc1C. The van der Waals surface area contributed by atoms with Crippen LogP contribution in [0.4, 0.5) is 5.69 Å². The summed E-state index contributed by atoms with van der Waals surface area (Å²) in [6.07, 6.45) is 0. The molecule has 0 aliphatic rings. The number of carbonyl (C=O) groups excluding carboxylic acids is 1. The number of aryl methyl sites for hydroxylation is 2. The summed E-state index contributed by atoms with van der Waals surface area (Å²) in [7, 11) is 0. The van der Waals surface area contributed by atoms with Gasteiger partial charge in [-0.1, -0.05) is 72.4 Å². The molecule has 0 fully saturated rings. The number of hydrogen-bond acceptors (Lipinski definition) is 4. The van der Waals surface area contributed by atoms with Gasteiger partial charge in [0, 0.05) is 22.0 Å². The third kappa shape index (κ3) is 4.30. The van der Waals surface area contributed by atoms with Crippen molar-refractivity contribution in [2.24, 2.45) is 0 Å². The molecule has 29 heavy (non-hydrogen) atoms. The predicted molar refractivity (Wildman–Crippen MR) is 120 cm³/mol. The maximum Gasteiger partial charge on any atom is 0.234 e. The van der Waals surface area contributed by atoms with Crippen molar-refractivity contribution in [1.29, 1.82) is 0 Å². The highest BCUT2D eigenvalue weighted by atomic mass is 32.2. The summed E-state index contributed by atoms with van der Waals surface area (Å²) in [6.45, 7) is 4.09. The van der Waals surface area contributed by atoms with Crippen LogP contribution in [-0.2, 0) is 4.79 Å². The Hall–Kier alpha value is -3.18. The second kappa shape index (κ2) is 8.45. The first-order chi connectivity index (χ1) is 14.1. The van der Waals surface area contributed by atoms with E-state index in [0.717, 1.165) is 38.3 Å². The van der Waals surface area contributed by atoms with E-state index >= 15 is 0 Å². The second-order valence-electron chi connectivity index (χ2n) is 6.90. The van der Waals surface area contributed by atoms with Crippen molar-refractivity contribution in [3.05, 3.63) is 83.9 Å². The fourth-order valence-corrected chi connectivity index (χ4v) is 3.92. The minimum absolute atomic E-state index is 0.0590. The minimum Gasteiger partial charge on any atom is -0.325 e. The average Bonchev–Trinajstić information content (AvgIpc) is 2.75. The molecule has 0 aliphatic carbocycles. The third-order valence-electron chi connectivity index (χ3n) is 4.83. The Morgan fingerprint density at radius 1 is 0.862 bits per heavy atom. The van der Waals surface area contributed by atoms with E-state index in [4.69, 9.17) is 0 Å². The average molecular weight is 400 g/mol. The zero-order valence-corrected chi connectivity index (χ0v) is 17.2. The molecule has 0 bridgehead atoms. The van der Waals surface area contributed by atoms with E-state index in [2.05, 4.69) is 22.4 Å². The lowest BCUT2D eigenvalue weighted by Gasteiger charge is -2.10. The molecule has 1 heterocycles. The highest BCUT2D eigenvalue weighted by molar-refractivity contribution is 8.00. The van der Waals surface area contributed by atoms with E-state index in [-0.39, 0.29) is 11.7 Å². The normalized spacial score (nSPS) is 10.8. The standard InChI is InChI=1S/C24H21N3OS/c1-16-12-13-19(14-17(16)2)25-22(28)15-29-24-21-11-7-6-10-20(21)23(26-27-24)18-8-4-3-5-9-18/h3-14H,15H2,1-2H3,(H,25,28). The summed E-state index contributed by atoms with van der Waals surface area (Å²) in [4.78, 5) is 12.4. The Kier molecular flexibility index (Phi) is 5.58. The first-order valence-corrected chi connectivity index (χ1v) is 10.4. The molecule has 0 saturated heterocycles. The van der Waals surface area contributed by atoms with Gasteiger partial charge in [-0.2, -0.15) is 0 Å². The van der Waals surface area contributed by atoms with Crippen LogP contribution >= 0.6 is 11.8 Å². The van der Waals surface area contributed by atoms with Gasteiger partial charge in [0.1, 0.15) is 10.7 Å². The molecule has 1 aromatic heterocycles. The van der Waals surface area contributed by atoms with Gasteiger partial charge in [-0.3, -0.25) is 4.79 Å². The molecule has 5 heteroatoms. The largest absolute Gasteiger partial charge is 0.325 e. The Morgan fingerprint density at radius 3 is 2.34 bits per heavy atom. The van der Waals surface area contributed by atoms with Gasteiger partial charge < -0.3 is 5.32 Å². The van der Waals surface area contributed by atoms with Gasteiger partial charge in [-0.05, 0) is 37.1 Å². The minimum atomic E-state index is -0.0590. The van der Waals surface area contributed by atoms with Gasteiger partial charge in [0.25, 0.3) is 0 Å². The molecule has 144 valence electrons. The van der Waals surface area contributed by atoms with Crippen LogP contribution in [0.5, 0.6) is 0 Å². The first kappa shape index (κ1) is 19.2. The molecule has 0 unspecified atom stereocenters. The number of nitrogens with zero attached hydrogens (tertiary/aromatic N) is 2. The number of aromatic nitrogens is 2. The zero-order valence-electron chi connectivity index (χ0n) is 16.3. The van der Waals surface area contributed by atoms with Gasteiger partial charge in [-0.15, -0.1) is 10.2 Å². The van der Waals surface area contributed by atoms with Crippen molar-refractivity contribution >= 4 is 34.1 Å². The molecular formula is C24H21N3OS. The van der Waals surface area contributed by atoms with Gasteiger partial charge in [0.15, 0.2) is 0 Å². The van der Waals surface area contributed by atoms with E-state index in [1.807, 2.05) is 79.7 Å². The summed E-state index contributed by atoms with van der Waals surface area (Å²) in [6, 6.07) is 24.0. The third-order valence-corrected chi connectivity index (χ3v) is 5.81. The number of rotatable bonds is 5. The number of fused-ring (bicyclic) bond motifs is 1. The fraction of sp³-hybridized carbons (Fsp3) is 0.125.